The molecule has 0 aromatic heterocycles. The summed E-state index contributed by atoms with van der Waals surface area (Å²) in [6.45, 7) is 2.42. The Labute approximate surface area is 132 Å². The number of benzene rings is 2. The summed E-state index contributed by atoms with van der Waals surface area (Å²) in [6.07, 6.45) is 3.05. The quantitative estimate of drug-likeness (QED) is 0.888. The van der Waals surface area contributed by atoms with Crippen molar-refractivity contribution in [1.29, 1.82) is 0 Å². The number of rotatable bonds is 5. The normalized spacial score (nSPS) is 15.8. The van der Waals surface area contributed by atoms with Crippen LogP contribution in [0.3, 0.4) is 0 Å². The van der Waals surface area contributed by atoms with Crippen molar-refractivity contribution in [3.8, 4) is 0 Å². The van der Waals surface area contributed by atoms with Crippen LogP contribution < -0.4 is 10.2 Å². The molecule has 0 radical (unpaired) electrons. The van der Waals surface area contributed by atoms with Crippen molar-refractivity contribution >= 4 is 11.4 Å². The molecule has 2 N–H and O–H groups in total. The molecule has 2 aromatic rings. The van der Waals surface area contributed by atoms with Crippen molar-refractivity contribution < 1.29 is 5.11 Å². The third kappa shape index (κ3) is 3.80. The van der Waals surface area contributed by atoms with E-state index < -0.39 is 0 Å². The smallest absolute Gasteiger partial charge is 0.0471 e. The molecule has 1 aliphatic rings. The number of nitrogens with zero attached hydrogens (tertiary/aromatic N) is 1. The average Bonchev–Trinajstić information content (AvgIpc) is 2.58. The summed E-state index contributed by atoms with van der Waals surface area (Å²) < 4.78 is 0. The summed E-state index contributed by atoms with van der Waals surface area (Å²) in [7, 11) is 0. The van der Waals surface area contributed by atoms with E-state index in [-0.39, 0.29) is 6.61 Å². The van der Waals surface area contributed by atoms with E-state index in [1.807, 2.05) is 0 Å². The first-order valence-electron chi connectivity index (χ1n) is 8.11. The first-order chi connectivity index (χ1) is 10.8. The van der Waals surface area contributed by atoms with Crippen LogP contribution in [-0.2, 0) is 6.42 Å². The number of hydrogen-bond donors (Lipinski definition) is 2. The number of anilines is 2. The highest BCUT2D eigenvalue weighted by Gasteiger charge is 2.19. The van der Waals surface area contributed by atoms with Gasteiger partial charge in [-0.3, -0.25) is 0 Å². The molecule has 22 heavy (non-hydrogen) atoms. The van der Waals surface area contributed by atoms with Crippen molar-refractivity contribution in [1.82, 2.24) is 0 Å². The molecule has 1 heterocycles. The Hall–Kier alpha value is -2.00. The second kappa shape index (κ2) is 7.32. The van der Waals surface area contributed by atoms with Crippen LogP contribution in [0.4, 0.5) is 11.4 Å². The zero-order valence-electron chi connectivity index (χ0n) is 12.9. The molecule has 0 amide bonds. The maximum atomic E-state index is 8.95. The molecule has 116 valence electrons. The van der Waals surface area contributed by atoms with Gasteiger partial charge >= 0.3 is 0 Å². The number of para-hydroxylation sites is 1. The molecule has 1 aliphatic heterocycles. The van der Waals surface area contributed by atoms with Crippen LogP contribution in [0.15, 0.2) is 54.6 Å². The van der Waals surface area contributed by atoms with Gasteiger partial charge in [-0.15, -0.1) is 0 Å². The number of hydrogen-bond acceptors (Lipinski definition) is 3. The van der Waals surface area contributed by atoms with Gasteiger partial charge in [0.1, 0.15) is 0 Å². The molecule has 0 spiro atoms. The Morgan fingerprint density at radius 1 is 0.955 bits per heavy atom. The molecule has 2 aromatic carbocycles. The monoisotopic (exact) mass is 296 g/mol. The molecule has 1 fully saturated rings. The molecule has 3 rings (SSSR count). The molecule has 3 heteroatoms. The van der Waals surface area contributed by atoms with Gasteiger partial charge in [-0.25, -0.2) is 0 Å². The van der Waals surface area contributed by atoms with E-state index >= 15 is 0 Å². The standard InChI is InChI=1S/C19H24N2O/c22-15-12-16-6-8-17(9-7-16)20-18-10-13-21(14-11-18)19-4-2-1-3-5-19/h1-9,18,20,22H,10-15H2. The predicted octanol–water partition coefficient (Wildman–Crippen LogP) is 3.30. The summed E-state index contributed by atoms with van der Waals surface area (Å²) in [5.41, 5.74) is 3.70. The highest BCUT2D eigenvalue weighted by molar-refractivity contribution is 5.48. The van der Waals surface area contributed by atoms with Gasteiger partial charge in [0.25, 0.3) is 0 Å². The van der Waals surface area contributed by atoms with E-state index in [1.54, 1.807) is 0 Å². The summed E-state index contributed by atoms with van der Waals surface area (Å²) in [5, 5.41) is 12.6. The Morgan fingerprint density at radius 3 is 2.27 bits per heavy atom. The molecule has 0 atom stereocenters. The van der Waals surface area contributed by atoms with Crippen LogP contribution in [0.1, 0.15) is 18.4 Å². The fraction of sp³-hybridized carbons (Fsp3) is 0.368. The highest BCUT2D eigenvalue weighted by Crippen LogP contribution is 2.22. The molecule has 0 unspecified atom stereocenters. The minimum Gasteiger partial charge on any atom is -0.396 e. The number of nitrogens with one attached hydrogen (secondary N) is 1. The third-order valence-corrected chi connectivity index (χ3v) is 4.34. The van der Waals surface area contributed by atoms with Gasteiger partial charge in [-0.1, -0.05) is 30.3 Å². The lowest BCUT2D eigenvalue weighted by Crippen LogP contribution is -2.39. The molecule has 0 saturated carbocycles. The van der Waals surface area contributed by atoms with Gasteiger partial charge < -0.3 is 15.3 Å². The van der Waals surface area contributed by atoms with E-state index in [0.29, 0.717) is 6.04 Å². The Morgan fingerprint density at radius 2 is 1.64 bits per heavy atom. The van der Waals surface area contributed by atoms with Crippen LogP contribution >= 0.6 is 0 Å². The molecule has 3 nitrogen and oxygen atoms in total. The summed E-state index contributed by atoms with van der Waals surface area (Å²) in [5.74, 6) is 0. The van der Waals surface area contributed by atoms with E-state index in [0.717, 1.165) is 32.4 Å². The van der Waals surface area contributed by atoms with Crippen molar-refractivity contribution in [2.75, 3.05) is 29.9 Å². The van der Waals surface area contributed by atoms with Crippen molar-refractivity contribution in [2.45, 2.75) is 25.3 Å². The topological polar surface area (TPSA) is 35.5 Å². The molecule has 0 aliphatic carbocycles. The van der Waals surface area contributed by atoms with E-state index in [9.17, 15) is 0 Å². The van der Waals surface area contributed by atoms with E-state index in [4.69, 9.17) is 5.11 Å². The minimum atomic E-state index is 0.213. The second-order valence-electron chi connectivity index (χ2n) is 5.91. The van der Waals surface area contributed by atoms with Gasteiger partial charge in [-0.05, 0) is 49.1 Å². The van der Waals surface area contributed by atoms with Gasteiger partial charge in [-0.2, -0.15) is 0 Å². The second-order valence-corrected chi connectivity index (χ2v) is 5.91. The van der Waals surface area contributed by atoms with Crippen molar-refractivity contribution in [3.63, 3.8) is 0 Å². The van der Waals surface area contributed by atoms with Gasteiger partial charge in [0.2, 0.25) is 0 Å². The maximum absolute atomic E-state index is 8.95. The summed E-state index contributed by atoms with van der Waals surface area (Å²) in [6, 6.07) is 19.6. The zero-order valence-corrected chi connectivity index (χ0v) is 12.9. The maximum Gasteiger partial charge on any atom is 0.0471 e. The average molecular weight is 296 g/mol. The molecule has 0 bridgehead atoms. The van der Waals surface area contributed by atoms with Crippen LogP contribution in [0.25, 0.3) is 0 Å². The third-order valence-electron chi connectivity index (χ3n) is 4.34. The van der Waals surface area contributed by atoms with Crippen LogP contribution in [0.2, 0.25) is 0 Å². The molecular formula is C19H24N2O. The van der Waals surface area contributed by atoms with Crippen molar-refractivity contribution in [3.05, 3.63) is 60.2 Å². The lowest BCUT2D eigenvalue weighted by molar-refractivity contribution is 0.299. The number of aliphatic hydroxyl groups is 1. The summed E-state index contributed by atoms with van der Waals surface area (Å²) in [4.78, 5) is 2.46. The zero-order chi connectivity index (χ0) is 15.2. The lowest BCUT2D eigenvalue weighted by atomic mass is 10.0. The summed E-state index contributed by atoms with van der Waals surface area (Å²) >= 11 is 0. The SMILES string of the molecule is OCCc1ccc(NC2CCN(c3ccccc3)CC2)cc1. The Bertz CT molecular complexity index is 560. The number of aliphatic hydroxyl groups excluding tert-OH is 1. The Kier molecular flexibility index (Phi) is 4.96. The van der Waals surface area contributed by atoms with Gasteiger partial charge in [0.15, 0.2) is 0 Å². The Balaban J connectivity index is 1.51. The molecular weight excluding hydrogens is 272 g/mol. The highest BCUT2D eigenvalue weighted by atomic mass is 16.2. The minimum absolute atomic E-state index is 0.213. The van der Waals surface area contributed by atoms with E-state index in [2.05, 4.69) is 64.8 Å². The van der Waals surface area contributed by atoms with Gasteiger partial charge in [0.05, 0.1) is 0 Å². The lowest BCUT2D eigenvalue weighted by Gasteiger charge is -2.34. The first kappa shape index (κ1) is 14.9. The fourth-order valence-electron chi connectivity index (χ4n) is 3.05. The fourth-order valence-corrected chi connectivity index (χ4v) is 3.05. The van der Waals surface area contributed by atoms with Crippen LogP contribution in [-0.4, -0.2) is 30.8 Å². The van der Waals surface area contributed by atoms with Crippen LogP contribution in [0, 0.1) is 0 Å². The van der Waals surface area contributed by atoms with Crippen LogP contribution in [0.5, 0.6) is 0 Å². The first-order valence-corrected chi connectivity index (χ1v) is 8.11. The largest absolute Gasteiger partial charge is 0.396 e. The van der Waals surface area contributed by atoms with Gasteiger partial charge in [0, 0.05) is 37.1 Å². The predicted molar refractivity (Wildman–Crippen MR) is 92.5 cm³/mol. The van der Waals surface area contributed by atoms with Crippen molar-refractivity contribution in [2.24, 2.45) is 0 Å². The van der Waals surface area contributed by atoms with E-state index in [1.165, 1.54) is 16.9 Å². The number of piperidine rings is 1. The molecule has 1 saturated heterocycles.